The highest BCUT2D eigenvalue weighted by Crippen LogP contribution is 2.22. The predicted molar refractivity (Wildman–Crippen MR) is 82.8 cm³/mol. The lowest BCUT2D eigenvalue weighted by Gasteiger charge is -2.38. The van der Waals surface area contributed by atoms with E-state index in [2.05, 4.69) is 22.5 Å². The van der Waals surface area contributed by atoms with E-state index in [1.165, 1.54) is 0 Å². The van der Waals surface area contributed by atoms with Crippen molar-refractivity contribution in [3.8, 4) is 0 Å². The number of benzene rings is 1. The van der Waals surface area contributed by atoms with Crippen molar-refractivity contribution in [3.63, 3.8) is 0 Å². The summed E-state index contributed by atoms with van der Waals surface area (Å²) >= 11 is 0. The molecule has 1 amide bonds. The van der Waals surface area contributed by atoms with Crippen molar-refractivity contribution in [1.29, 1.82) is 0 Å². The van der Waals surface area contributed by atoms with Gasteiger partial charge < -0.3 is 10.6 Å². The van der Waals surface area contributed by atoms with E-state index in [0.717, 1.165) is 31.9 Å². The molecule has 0 unspecified atom stereocenters. The molecule has 1 aromatic carbocycles. The maximum Gasteiger partial charge on any atom is 0.231 e. The molecule has 0 saturated carbocycles. The Morgan fingerprint density at radius 1 is 1.40 bits per heavy atom. The Balaban J connectivity index is 1.96. The summed E-state index contributed by atoms with van der Waals surface area (Å²) in [6, 6.07) is 10.1. The highest BCUT2D eigenvalue weighted by molar-refractivity contribution is 5.94. The largest absolute Gasteiger partial charge is 0.326 e. The van der Waals surface area contributed by atoms with E-state index in [1.807, 2.05) is 44.2 Å². The van der Waals surface area contributed by atoms with Gasteiger partial charge in [0.1, 0.15) is 0 Å². The lowest BCUT2D eigenvalue weighted by atomic mass is 9.90. The number of carbonyl (C=O) groups is 1. The number of piperazine rings is 1. The Labute approximate surface area is 121 Å². The fourth-order valence-corrected chi connectivity index (χ4v) is 2.52. The molecule has 1 atom stereocenters. The summed E-state index contributed by atoms with van der Waals surface area (Å²) in [6.07, 6.45) is 0. The number of nitrogens with zero attached hydrogens (tertiary/aromatic N) is 1. The van der Waals surface area contributed by atoms with Gasteiger partial charge in [-0.3, -0.25) is 9.69 Å². The zero-order chi connectivity index (χ0) is 14.6. The second kappa shape index (κ2) is 6.37. The first-order chi connectivity index (χ1) is 9.49. The Morgan fingerprint density at radius 2 is 2.10 bits per heavy atom. The number of hydrogen-bond acceptors (Lipinski definition) is 3. The molecule has 1 heterocycles. The van der Waals surface area contributed by atoms with Crippen LogP contribution in [0.1, 0.15) is 20.8 Å². The lowest BCUT2D eigenvalue weighted by Crippen LogP contribution is -2.54. The molecular formula is C16H25N3O. The van der Waals surface area contributed by atoms with E-state index in [9.17, 15) is 4.79 Å². The van der Waals surface area contributed by atoms with Crippen LogP contribution in [-0.2, 0) is 4.79 Å². The van der Waals surface area contributed by atoms with Gasteiger partial charge in [-0.2, -0.15) is 0 Å². The first-order valence-electron chi connectivity index (χ1n) is 7.30. The van der Waals surface area contributed by atoms with Crippen molar-refractivity contribution in [2.24, 2.45) is 5.41 Å². The molecule has 1 saturated heterocycles. The van der Waals surface area contributed by atoms with Crippen LogP contribution in [0.4, 0.5) is 5.69 Å². The summed E-state index contributed by atoms with van der Waals surface area (Å²) in [4.78, 5) is 14.9. The van der Waals surface area contributed by atoms with Gasteiger partial charge >= 0.3 is 0 Å². The summed E-state index contributed by atoms with van der Waals surface area (Å²) in [5.41, 5.74) is 0.459. The third kappa shape index (κ3) is 3.81. The number of rotatable bonds is 4. The van der Waals surface area contributed by atoms with Crippen molar-refractivity contribution in [2.45, 2.75) is 26.8 Å². The van der Waals surface area contributed by atoms with Gasteiger partial charge in [0.15, 0.2) is 0 Å². The van der Waals surface area contributed by atoms with E-state index in [1.54, 1.807) is 0 Å². The molecule has 2 N–H and O–H groups in total. The lowest BCUT2D eigenvalue weighted by molar-refractivity contribution is -0.125. The van der Waals surface area contributed by atoms with E-state index in [4.69, 9.17) is 0 Å². The topological polar surface area (TPSA) is 44.4 Å². The van der Waals surface area contributed by atoms with E-state index in [0.29, 0.717) is 6.04 Å². The molecule has 0 bridgehead atoms. The molecule has 1 aromatic rings. The smallest absolute Gasteiger partial charge is 0.231 e. The van der Waals surface area contributed by atoms with Crippen LogP contribution in [0.3, 0.4) is 0 Å². The molecule has 0 radical (unpaired) electrons. The van der Waals surface area contributed by atoms with Crippen molar-refractivity contribution >= 4 is 11.6 Å². The SMILES string of the molecule is C[C@@H]1CNCCN1CC(C)(C)C(=O)Nc1ccccc1. The molecule has 1 aliphatic heterocycles. The van der Waals surface area contributed by atoms with Gasteiger partial charge in [-0.05, 0) is 32.9 Å². The number of hydrogen-bond donors (Lipinski definition) is 2. The Hall–Kier alpha value is -1.39. The minimum atomic E-state index is -0.401. The Morgan fingerprint density at radius 3 is 2.75 bits per heavy atom. The van der Waals surface area contributed by atoms with Gasteiger partial charge in [-0.25, -0.2) is 0 Å². The summed E-state index contributed by atoms with van der Waals surface area (Å²) < 4.78 is 0. The number of carbonyl (C=O) groups excluding carboxylic acids is 1. The van der Waals surface area contributed by atoms with E-state index in [-0.39, 0.29) is 5.91 Å². The summed E-state index contributed by atoms with van der Waals surface area (Å²) in [6.45, 7) is 10.0. The average Bonchev–Trinajstić information content (AvgIpc) is 2.42. The first kappa shape index (κ1) is 15.0. The molecule has 0 spiro atoms. The molecule has 0 aromatic heterocycles. The third-order valence-corrected chi connectivity index (χ3v) is 3.88. The highest BCUT2D eigenvalue weighted by Gasteiger charge is 2.32. The average molecular weight is 275 g/mol. The maximum atomic E-state index is 12.5. The standard InChI is InChI=1S/C16H25N3O/c1-13-11-17-9-10-19(13)12-16(2,3)15(20)18-14-7-5-4-6-8-14/h4-8,13,17H,9-12H2,1-3H3,(H,18,20)/t13-/m1/s1. The highest BCUT2D eigenvalue weighted by atomic mass is 16.2. The molecule has 1 aliphatic rings. The zero-order valence-corrected chi connectivity index (χ0v) is 12.6. The van der Waals surface area contributed by atoms with Gasteiger partial charge in [0, 0.05) is 37.9 Å². The molecule has 4 nitrogen and oxygen atoms in total. The second-order valence-electron chi connectivity index (χ2n) is 6.23. The van der Waals surface area contributed by atoms with Gasteiger partial charge in [0.2, 0.25) is 5.91 Å². The van der Waals surface area contributed by atoms with Crippen LogP contribution >= 0.6 is 0 Å². The van der Waals surface area contributed by atoms with Crippen LogP contribution < -0.4 is 10.6 Å². The zero-order valence-electron chi connectivity index (χ0n) is 12.6. The van der Waals surface area contributed by atoms with Crippen molar-refractivity contribution in [1.82, 2.24) is 10.2 Å². The molecular weight excluding hydrogens is 250 g/mol. The van der Waals surface area contributed by atoms with Crippen LogP contribution in [0.15, 0.2) is 30.3 Å². The van der Waals surface area contributed by atoms with Gasteiger partial charge in [-0.1, -0.05) is 18.2 Å². The van der Waals surface area contributed by atoms with Gasteiger partial charge in [-0.15, -0.1) is 0 Å². The number of anilines is 1. The van der Waals surface area contributed by atoms with E-state index < -0.39 is 5.41 Å². The summed E-state index contributed by atoms with van der Waals surface area (Å²) in [5, 5.41) is 6.38. The van der Waals surface area contributed by atoms with Gasteiger partial charge in [0.05, 0.1) is 5.41 Å². The van der Waals surface area contributed by atoms with Crippen molar-refractivity contribution in [3.05, 3.63) is 30.3 Å². The summed E-state index contributed by atoms with van der Waals surface area (Å²) in [5.74, 6) is 0.0782. The van der Waals surface area contributed by atoms with E-state index >= 15 is 0 Å². The first-order valence-corrected chi connectivity index (χ1v) is 7.30. The quantitative estimate of drug-likeness (QED) is 0.882. The summed E-state index contributed by atoms with van der Waals surface area (Å²) in [7, 11) is 0. The molecule has 0 aliphatic carbocycles. The molecule has 1 fully saturated rings. The number of amides is 1. The molecule has 2 rings (SSSR count). The van der Waals surface area contributed by atoms with Crippen LogP contribution in [-0.4, -0.2) is 43.0 Å². The minimum absolute atomic E-state index is 0.0782. The van der Waals surface area contributed by atoms with Crippen LogP contribution in [0.2, 0.25) is 0 Å². The third-order valence-electron chi connectivity index (χ3n) is 3.88. The molecule has 110 valence electrons. The van der Waals surface area contributed by atoms with Crippen LogP contribution in [0.5, 0.6) is 0 Å². The van der Waals surface area contributed by atoms with Gasteiger partial charge in [0.25, 0.3) is 0 Å². The molecule has 4 heteroatoms. The normalized spacial score (nSPS) is 20.6. The monoisotopic (exact) mass is 275 g/mol. The minimum Gasteiger partial charge on any atom is -0.326 e. The number of nitrogens with one attached hydrogen (secondary N) is 2. The Bertz CT molecular complexity index is 444. The van der Waals surface area contributed by atoms with Crippen molar-refractivity contribution in [2.75, 3.05) is 31.5 Å². The fourth-order valence-electron chi connectivity index (χ4n) is 2.52. The number of para-hydroxylation sites is 1. The van der Waals surface area contributed by atoms with Crippen molar-refractivity contribution < 1.29 is 4.79 Å². The predicted octanol–water partition coefficient (Wildman–Crippen LogP) is 1.94. The molecule has 20 heavy (non-hydrogen) atoms. The second-order valence-corrected chi connectivity index (χ2v) is 6.23. The Kier molecular flexibility index (Phi) is 4.78. The van der Waals surface area contributed by atoms with Crippen LogP contribution in [0, 0.1) is 5.41 Å². The maximum absolute atomic E-state index is 12.5. The fraction of sp³-hybridized carbons (Fsp3) is 0.562. The van der Waals surface area contributed by atoms with Crippen LogP contribution in [0.25, 0.3) is 0 Å².